The van der Waals surface area contributed by atoms with E-state index >= 15 is 0 Å². The second-order valence-corrected chi connectivity index (χ2v) is 5.50. The maximum absolute atomic E-state index is 11.9. The number of carbonyl (C=O) groups is 2. The molecule has 0 aliphatic carbocycles. The number of carboxylic acid groups (broad SMARTS) is 1. The van der Waals surface area contributed by atoms with E-state index in [1.807, 2.05) is 0 Å². The van der Waals surface area contributed by atoms with Gasteiger partial charge in [0.2, 0.25) is 0 Å². The smallest absolute Gasteiger partial charge is 0.259 e. The summed E-state index contributed by atoms with van der Waals surface area (Å²) in [7, 11) is 1.58. The molecule has 0 bridgehead atoms. The Hall–Kier alpha value is -3.55. The normalized spacial score (nSPS) is 10.8. The van der Waals surface area contributed by atoms with E-state index in [1.165, 1.54) is 0 Å². The number of anilines is 1. The average Bonchev–Trinajstić information content (AvgIpc) is 2.69. The molecule has 0 heterocycles. The zero-order valence-electron chi connectivity index (χ0n) is 15.0. The highest BCUT2D eigenvalue weighted by Gasteiger charge is 2.04. The number of methoxy groups -OCH3 is 1. The van der Waals surface area contributed by atoms with Crippen molar-refractivity contribution in [2.24, 2.45) is 5.10 Å². The lowest BCUT2D eigenvalue weighted by Gasteiger charge is -2.09. The Morgan fingerprint density at radius 3 is 2.52 bits per heavy atom. The molecule has 0 spiro atoms. The van der Waals surface area contributed by atoms with Crippen LogP contribution in [0.15, 0.2) is 53.6 Å². The second kappa shape index (κ2) is 9.81. The molecule has 0 aromatic heterocycles. The van der Waals surface area contributed by atoms with E-state index in [2.05, 4.69) is 15.8 Å². The van der Waals surface area contributed by atoms with Crippen LogP contribution in [0.25, 0.3) is 0 Å². The van der Waals surface area contributed by atoms with Gasteiger partial charge in [0.15, 0.2) is 0 Å². The van der Waals surface area contributed by atoms with E-state index in [9.17, 15) is 14.7 Å². The number of carboxylic acids is 1. The number of benzene rings is 2. The SMILES string of the molecule is COc1ccc(NCC(=O)N/N=C(/C)c2cccc(OCC(=O)[O-])c2)cc1. The Morgan fingerprint density at radius 2 is 1.85 bits per heavy atom. The Morgan fingerprint density at radius 1 is 1.11 bits per heavy atom. The van der Waals surface area contributed by atoms with Gasteiger partial charge in [-0.05, 0) is 43.3 Å². The molecule has 2 rings (SSSR count). The van der Waals surface area contributed by atoms with Crippen LogP contribution in [0.1, 0.15) is 12.5 Å². The summed E-state index contributed by atoms with van der Waals surface area (Å²) in [5.74, 6) is -0.508. The van der Waals surface area contributed by atoms with Gasteiger partial charge in [-0.1, -0.05) is 12.1 Å². The average molecular weight is 370 g/mol. The van der Waals surface area contributed by atoms with Crippen LogP contribution >= 0.6 is 0 Å². The summed E-state index contributed by atoms with van der Waals surface area (Å²) in [4.78, 5) is 22.4. The van der Waals surface area contributed by atoms with Crippen LogP contribution in [0, 0.1) is 0 Å². The van der Waals surface area contributed by atoms with Crippen molar-refractivity contribution in [3.63, 3.8) is 0 Å². The molecule has 2 aromatic carbocycles. The first-order valence-corrected chi connectivity index (χ1v) is 8.12. The van der Waals surface area contributed by atoms with Gasteiger partial charge in [-0.3, -0.25) is 4.79 Å². The zero-order chi connectivity index (χ0) is 19.6. The van der Waals surface area contributed by atoms with Gasteiger partial charge < -0.3 is 24.7 Å². The fraction of sp³-hybridized carbons (Fsp3) is 0.211. The highest BCUT2D eigenvalue weighted by atomic mass is 16.5. The van der Waals surface area contributed by atoms with Crippen molar-refractivity contribution < 1.29 is 24.2 Å². The van der Waals surface area contributed by atoms with Gasteiger partial charge in [0.05, 0.1) is 25.3 Å². The predicted molar refractivity (Wildman–Crippen MR) is 98.8 cm³/mol. The lowest BCUT2D eigenvalue weighted by atomic mass is 10.1. The fourth-order valence-electron chi connectivity index (χ4n) is 2.09. The van der Waals surface area contributed by atoms with Gasteiger partial charge in [-0.15, -0.1) is 0 Å². The van der Waals surface area contributed by atoms with Crippen LogP contribution in [-0.4, -0.2) is 37.8 Å². The molecule has 142 valence electrons. The Balaban J connectivity index is 1.87. The molecule has 0 aliphatic rings. The van der Waals surface area contributed by atoms with Gasteiger partial charge in [0, 0.05) is 11.3 Å². The van der Waals surface area contributed by atoms with Crippen molar-refractivity contribution in [1.82, 2.24) is 5.43 Å². The minimum absolute atomic E-state index is 0.0534. The number of rotatable bonds is 9. The Kier molecular flexibility index (Phi) is 7.18. The molecule has 2 aromatic rings. The van der Waals surface area contributed by atoms with E-state index in [4.69, 9.17) is 9.47 Å². The van der Waals surface area contributed by atoms with E-state index < -0.39 is 12.6 Å². The number of aliphatic carboxylic acids is 1. The zero-order valence-corrected chi connectivity index (χ0v) is 15.0. The summed E-state index contributed by atoms with van der Waals surface area (Å²) in [6, 6.07) is 13.9. The molecule has 0 saturated heterocycles. The Labute approximate surface area is 156 Å². The first-order valence-electron chi connectivity index (χ1n) is 8.12. The second-order valence-electron chi connectivity index (χ2n) is 5.50. The minimum Gasteiger partial charge on any atom is -0.546 e. The summed E-state index contributed by atoms with van der Waals surface area (Å²) in [5.41, 5.74) is 4.48. The summed E-state index contributed by atoms with van der Waals surface area (Å²) in [5, 5.41) is 17.5. The van der Waals surface area contributed by atoms with Crippen LogP contribution in [-0.2, 0) is 9.59 Å². The summed E-state index contributed by atoms with van der Waals surface area (Å²) < 4.78 is 10.1. The highest BCUT2D eigenvalue weighted by Crippen LogP contribution is 2.15. The largest absolute Gasteiger partial charge is 0.546 e. The lowest BCUT2D eigenvalue weighted by Crippen LogP contribution is -2.29. The van der Waals surface area contributed by atoms with Gasteiger partial charge >= 0.3 is 0 Å². The molecule has 0 unspecified atom stereocenters. The topological polar surface area (TPSA) is 112 Å². The summed E-state index contributed by atoms with van der Waals surface area (Å²) in [6.07, 6.45) is 0. The maximum atomic E-state index is 11.9. The van der Waals surface area contributed by atoms with Gasteiger partial charge in [-0.2, -0.15) is 5.10 Å². The molecule has 8 nitrogen and oxygen atoms in total. The maximum Gasteiger partial charge on any atom is 0.259 e. The standard InChI is InChI=1S/C19H21N3O5/c1-13(14-4-3-5-17(10-14)27-12-19(24)25)21-22-18(23)11-20-15-6-8-16(26-2)9-7-15/h3-10,20H,11-12H2,1-2H3,(H,22,23)(H,24,25)/p-1/b21-13-. The van der Waals surface area contributed by atoms with E-state index in [1.54, 1.807) is 62.6 Å². The number of ether oxygens (including phenoxy) is 2. The van der Waals surface area contributed by atoms with Crippen molar-refractivity contribution in [3.05, 3.63) is 54.1 Å². The number of nitrogens with one attached hydrogen (secondary N) is 2. The van der Waals surface area contributed by atoms with Crippen LogP contribution in [0.4, 0.5) is 5.69 Å². The first-order chi connectivity index (χ1) is 13.0. The molecular weight excluding hydrogens is 350 g/mol. The minimum atomic E-state index is -1.30. The third-order valence-electron chi connectivity index (χ3n) is 3.50. The van der Waals surface area contributed by atoms with Gasteiger partial charge in [0.1, 0.15) is 18.1 Å². The molecule has 27 heavy (non-hydrogen) atoms. The van der Waals surface area contributed by atoms with Crippen molar-refractivity contribution in [3.8, 4) is 11.5 Å². The molecule has 0 aliphatic heterocycles. The number of hydrogen-bond acceptors (Lipinski definition) is 7. The van der Waals surface area contributed by atoms with E-state index in [0.717, 1.165) is 11.4 Å². The number of carbonyl (C=O) groups excluding carboxylic acids is 2. The fourth-order valence-corrected chi connectivity index (χ4v) is 2.09. The summed E-state index contributed by atoms with van der Waals surface area (Å²) in [6.45, 7) is 1.24. The molecule has 0 radical (unpaired) electrons. The highest BCUT2D eigenvalue weighted by molar-refractivity contribution is 5.99. The molecule has 0 atom stereocenters. The molecule has 8 heteroatoms. The van der Waals surface area contributed by atoms with Crippen molar-refractivity contribution in [1.29, 1.82) is 0 Å². The third kappa shape index (κ3) is 6.69. The van der Waals surface area contributed by atoms with E-state index in [-0.39, 0.29) is 12.5 Å². The van der Waals surface area contributed by atoms with Crippen LogP contribution in [0.5, 0.6) is 11.5 Å². The van der Waals surface area contributed by atoms with Crippen molar-refractivity contribution in [2.75, 3.05) is 25.6 Å². The number of hydrazone groups is 1. The Bertz CT molecular complexity index is 818. The van der Waals surface area contributed by atoms with Gasteiger partial charge in [-0.25, -0.2) is 5.43 Å². The first kappa shape index (κ1) is 19.8. The molecule has 2 N–H and O–H groups in total. The lowest BCUT2D eigenvalue weighted by molar-refractivity contribution is -0.307. The number of nitrogens with zero attached hydrogens (tertiary/aromatic N) is 1. The van der Waals surface area contributed by atoms with Gasteiger partial charge in [0.25, 0.3) is 5.91 Å². The molecule has 1 amide bonds. The monoisotopic (exact) mass is 370 g/mol. The molecule has 0 fully saturated rings. The van der Waals surface area contributed by atoms with E-state index in [0.29, 0.717) is 17.0 Å². The quantitative estimate of drug-likeness (QED) is 0.498. The number of amides is 1. The van der Waals surface area contributed by atoms with Crippen LogP contribution in [0.3, 0.4) is 0 Å². The van der Waals surface area contributed by atoms with Crippen molar-refractivity contribution in [2.45, 2.75) is 6.92 Å². The van der Waals surface area contributed by atoms with Crippen LogP contribution < -0.4 is 25.3 Å². The van der Waals surface area contributed by atoms with Crippen LogP contribution in [0.2, 0.25) is 0 Å². The number of hydrogen-bond donors (Lipinski definition) is 2. The molecule has 0 saturated carbocycles. The predicted octanol–water partition coefficient (Wildman–Crippen LogP) is 0.776. The summed E-state index contributed by atoms with van der Waals surface area (Å²) >= 11 is 0. The third-order valence-corrected chi connectivity index (χ3v) is 3.50. The van der Waals surface area contributed by atoms with Crippen molar-refractivity contribution >= 4 is 23.3 Å². The molecular formula is C19H20N3O5-.